The molecular formula is C14H17Cl3N2O2. The summed E-state index contributed by atoms with van der Waals surface area (Å²) in [5.41, 5.74) is 0.148. The van der Waals surface area contributed by atoms with Crippen molar-refractivity contribution in [2.75, 3.05) is 18.4 Å². The van der Waals surface area contributed by atoms with E-state index in [1.807, 2.05) is 20.8 Å². The third-order valence-electron chi connectivity index (χ3n) is 2.89. The second kappa shape index (κ2) is 6.11. The number of anilines is 1. The van der Waals surface area contributed by atoms with Crippen LogP contribution in [0.25, 0.3) is 0 Å². The van der Waals surface area contributed by atoms with Gasteiger partial charge in [0.2, 0.25) is 0 Å². The second-order valence-corrected chi connectivity index (χ2v) is 7.22. The van der Waals surface area contributed by atoms with Crippen LogP contribution in [0.4, 0.5) is 10.5 Å². The van der Waals surface area contributed by atoms with E-state index < -0.39 is 5.60 Å². The molecule has 1 aliphatic rings. The number of nitrogens with one attached hydrogen (secondary N) is 1. The van der Waals surface area contributed by atoms with Gasteiger partial charge in [-0.05, 0) is 32.9 Å². The first-order valence-electron chi connectivity index (χ1n) is 6.55. The highest BCUT2D eigenvalue weighted by Gasteiger charge is 2.34. The minimum Gasteiger partial charge on any atom is -0.444 e. The Morgan fingerprint density at radius 2 is 1.76 bits per heavy atom. The molecule has 1 aromatic carbocycles. The Balaban J connectivity index is 1.90. The molecule has 7 heteroatoms. The fraction of sp³-hybridized carbons (Fsp3) is 0.500. The maximum atomic E-state index is 11.8. The van der Waals surface area contributed by atoms with Gasteiger partial charge in [0.1, 0.15) is 5.60 Å². The lowest BCUT2D eigenvalue weighted by Crippen LogP contribution is -2.58. The van der Waals surface area contributed by atoms with Crippen LogP contribution in [0.2, 0.25) is 15.1 Å². The maximum absolute atomic E-state index is 11.8. The van der Waals surface area contributed by atoms with Gasteiger partial charge in [0.25, 0.3) is 0 Å². The van der Waals surface area contributed by atoms with Gasteiger partial charge in [-0.3, -0.25) is 0 Å². The quantitative estimate of drug-likeness (QED) is 0.841. The van der Waals surface area contributed by atoms with Crippen molar-refractivity contribution < 1.29 is 9.53 Å². The van der Waals surface area contributed by atoms with Crippen LogP contribution in [0.1, 0.15) is 20.8 Å². The SMILES string of the molecule is CC(C)(C)OC(=O)N1CC(Nc2c(Cl)cc(Cl)cc2Cl)C1. The van der Waals surface area contributed by atoms with Crippen LogP contribution < -0.4 is 5.32 Å². The molecule has 0 unspecified atom stereocenters. The summed E-state index contributed by atoms with van der Waals surface area (Å²) in [6.07, 6.45) is -0.311. The fourth-order valence-corrected chi connectivity index (χ4v) is 2.86. The number of carbonyl (C=O) groups excluding carboxylic acids is 1. The van der Waals surface area contributed by atoms with E-state index in [1.165, 1.54) is 0 Å². The van der Waals surface area contributed by atoms with Crippen molar-refractivity contribution in [1.82, 2.24) is 4.90 Å². The van der Waals surface area contributed by atoms with Crippen LogP contribution in [0.3, 0.4) is 0 Å². The zero-order valence-corrected chi connectivity index (χ0v) is 14.3. The van der Waals surface area contributed by atoms with Gasteiger partial charge in [-0.1, -0.05) is 34.8 Å². The Kier molecular flexibility index (Phi) is 4.81. The molecular weight excluding hydrogens is 335 g/mol. The fourth-order valence-electron chi connectivity index (χ4n) is 1.93. The normalized spacial score (nSPS) is 15.6. The van der Waals surface area contributed by atoms with Gasteiger partial charge in [0, 0.05) is 18.1 Å². The summed E-state index contributed by atoms with van der Waals surface area (Å²) in [5.74, 6) is 0. The zero-order chi connectivity index (χ0) is 15.8. The average molecular weight is 352 g/mol. The third-order valence-corrected chi connectivity index (χ3v) is 3.70. The smallest absolute Gasteiger partial charge is 0.410 e. The molecule has 1 fully saturated rings. The summed E-state index contributed by atoms with van der Waals surface area (Å²) in [6, 6.07) is 3.34. The van der Waals surface area contributed by atoms with E-state index in [2.05, 4.69) is 5.32 Å². The second-order valence-electron chi connectivity index (χ2n) is 5.97. The average Bonchev–Trinajstić information content (AvgIpc) is 2.21. The molecule has 0 aliphatic carbocycles. The Morgan fingerprint density at radius 1 is 1.24 bits per heavy atom. The zero-order valence-electron chi connectivity index (χ0n) is 12.0. The summed E-state index contributed by atoms with van der Waals surface area (Å²) in [4.78, 5) is 13.4. The predicted octanol–water partition coefficient (Wildman–Crippen LogP) is 4.68. The number of likely N-dealkylation sites (tertiary alicyclic amines) is 1. The molecule has 0 aromatic heterocycles. The molecule has 0 atom stereocenters. The van der Waals surface area contributed by atoms with Gasteiger partial charge in [-0.2, -0.15) is 0 Å². The molecule has 2 rings (SSSR count). The van der Waals surface area contributed by atoms with Gasteiger partial charge in [0.15, 0.2) is 0 Å². The van der Waals surface area contributed by atoms with Crippen molar-refractivity contribution >= 4 is 46.6 Å². The number of benzene rings is 1. The number of carbonyl (C=O) groups is 1. The lowest BCUT2D eigenvalue weighted by Gasteiger charge is -2.40. The maximum Gasteiger partial charge on any atom is 0.410 e. The van der Waals surface area contributed by atoms with Crippen LogP contribution in [-0.4, -0.2) is 35.7 Å². The Morgan fingerprint density at radius 3 is 2.24 bits per heavy atom. The van der Waals surface area contributed by atoms with Crippen LogP contribution in [0.5, 0.6) is 0 Å². The van der Waals surface area contributed by atoms with Crippen LogP contribution in [0, 0.1) is 0 Å². The number of ether oxygens (including phenoxy) is 1. The molecule has 1 heterocycles. The number of hydrogen-bond acceptors (Lipinski definition) is 3. The first kappa shape index (κ1) is 16.5. The lowest BCUT2D eigenvalue weighted by molar-refractivity contribution is 0.0105. The molecule has 0 saturated carbocycles. The molecule has 21 heavy (non-hydrogen) atoms. The Hall–Kier alpha value is -0.840. The highest BCUT2D eigenvalue weighted by atomic mass is 35.5. The number of halogens is 3. The van der Waals surface area contributed by atoms with Gasteiger partial charge < -0.3 is 15.0 Å². The molecule has 0 spiro atoms. The van der Waals surface area contributed by atoms with E-state index in [0.29, 0.717) is 33.8 Å². The first-order chi connectivity index (χ1) is 9.65. The minimum absolute atomic E-state index is 0.0914. The molecule has 4 nitrogen and oxygen atoms in total. The standard InChI is InChI=1S/C14H17Cl3N2O2/c1-14(2,3)21-13(20)19-6-9(7-19)18-12-10(16)4-8(15)5-11(12)17/h4-5,9,18H,6-7H2,1-3H3. The third kappa shape index (κ3) is 4.31. The van der Waals surface area contributed by atoms with Crippen LogP contribution in [0.15, 0.2) is 12.1 Å². The van der Waals surface area contributed by atoms with Crippen molar-refractivity contribution in [2.45, 2.75) is 32.4 Å². The predicted molar refractivity (Wildman–Crippen MR) is 86.7 cm³/mol. The van der Waals surface area contributed by atoms with Gasteiger partial charge in [0.05, 0.1) is 21.8 Å². The summed E-state index contributed by atoms with van der Waals surface area (Å²) in [5, 5.41) is 4.63. The number of nitrogens with zero attached hydrogens (tertiary/aromatic N) is 1. The van der Waals surface area contributed by atoms with Crippen molar-refractivity contribution in [1.29, 1.82) is 0 Å². The van der Waals surface area contributed by atoms with E-state index in [0.717, 1.165) is 0 Å². The molecule has 1 N–H and O–H groups in total. The van der Waals surface area contributed by atoms with Crippen molar-refractivity contribution in [3.8, 4) is 0 Å². The summed E-state index contributed by atoms with van der Waals surface area (Å²) in [7, 11) is 0. The monoisotopic (exact) mass is 350 g/mol. The minimum atomic E-state index is -0.488. The summed E-state index contributed by atoms with van der Waals surface area (Å²) < 4.78 is 5.29. The molecule has 116 valence electrons. The highest BCUT2D eigenvalue weighted by Crippen LogP contribution is 2.35. The van der Waals surface area contributed by atoms with Crippen LogP contribution >= 0.6 is 34.8 Å². The summed E-state index contributed by atoms with van der Waals surface area (Å²) >= 11 is 18.1. The number of amides is 1. The Labute approximate surface area is 139 Å². The molecule has 1 amide bonds. The molecule has 1 aromatic rings. The number of hydrogen-bond donors (Lipinski definition) is 1. The number of rotatable bonds is 2. The molecule has 1 saturated heterocycles. The topological polar surface area (TPSA) is 41.6 Å². The largest absolute Gasteiger partial charge is 0.444 e. The van der Waals surface area contributed by atoms with E-state index in [-0.39, 0.29) is 12.1 Å². The van der Waals surface area contributed by atoms with E-state index in [9.17, 15) is 4.79 Å². The highest BCUT2D eigenvalue weighted by molar-refractivity contribution is 6.41. The van der Waals surface area contributed by atoms with Crippen LogP contribution in [-0.2, 0) is 4.74 Å². The summed E-state index contributed by atoms with van der Waals surface area (Å²) in [6.45, 7) is 6.61. The Bertz CT molecular complexity index is 529. The van der Waals surface area contributed by atoms with E-state index in [1.54, 1.807) is 17.0 Å². The van der Waals surface area contributed by atoms with Gasteiger partial charge in [-0.15, -0.1) is 0 Å². The van der Waals surface area contributed by atoms with Gasteiger partial charge >= 0.3 is 6.09 Å². The van der Waals surface area contributed by atoms with E-state index in [4.69, 9.17) is 39.5 Å². The van der Waals surface area contributed by atoms with Gasteiger partial charge in [-0.25, -0.2) is 4.79 Å². The van der Waals surface area contributed by atoms with Crippen molar-refractivity contribution in [3.63, 3.8) is 0 Å². The van der Waals surface area contributed by atoms with Crippen molar-refractivity contribution in [3.05, 3.63) is 27.2 Å². The first-order valence-corrected chi connectivity index (χ1v) is 7.68. The molecule has 0 bridgehead atoms. The lowest BCUT2D eigenvalue weighted by atomic mass is 10.1. The van der Waals surface area contributed by atoms with Crippen molar-refractivity contribution in [2.24, 2.45) is 0 Å². The van der Waals surface area contributed by atoms with E-state index >= 15 is 0 Å². The molecule has 0 radical (unpaired) electrons. The molecule has 1 aliphatic heterocycles.